The van der Waals surface area contributed by atoms with E-state index in [1.807, 2.05) is 12.1 Å². The lowest BCUT2D eigenvalue weighted by atomic mass is 9.55. The van der Waals surface area contributed by atoms with Crippen molar-refractivity contribution in [2.24, 2.45) is 11.8 Å². The van der Waals surface area contributed by atoms with Gasteiger partial charge in [-0.25, -0.2) is 0 Å². The van der Waals surface area contributed by atoms with E-state index in [0.717, 1.165) is 17.7 Å². The molecule has 0 aromatic heterocycles. The van der Waals surface area contributed by atoms with Gasteiger partial charge < -0.3 is 4.74 Å². The van der Waals surface area contributed by atoms with Crippen LogP contribution in [0.2, 0.25) is 0 Å². The third-order valence-electron chi connectivity index (χ3n) is 5.41. The van der Waals surface area contributed by atoms with Crippen LogP contribution < -0.4 is 4.74 Å². The Labute approximate surface area is 115 Å². The Morgan fingerprint density at radius 3 is 2.89 bits per heavy atom. The molecular formula is C17H22O2. The second-order valence-electron chi connectivity index (χ2n) is 6.43. The molecule has 0 bridgehead atoms. The summed E-state index contributed by atoms with van der Waals surface area (Å²) in [6.07, 6.45) is 4.43. The number of methoxy groups -OCH3 is 1. The number of rotatable bonds is 1. The highest BCUT2D eigenvalue weighted by Crippen LogP contribution is 2.52. The topological polar surface area (TPSA) is 26.3 Å². The third-order valence-corrected chi connectivity index (χ3v) is 5.41. The Morgan fingerprint density at radius 1 is 1.37 bits per heavy atom. The van der Waals surface area contributed by atoms with Gasteiger partial charge >= 0.3 is 0 Å². The fourth-order valence-electron chi connectivity index (χ4n) is 4.24. The smallest absolute Gasteiger partial charge is 0.163 e. The first kappa shape index (κ1) is 12.7. The van der Waals surface area contributed by atoms with Crippen molar-refractivity contribution in [1.29, 1.82) is 0 Å². The molecule has 0 spiro atoms. The van der Waals surface area contributed by atoms with Gasteiger partial charge in [0.25, 0.3) is 0 Å². The van der Waals surface area contributed by atoms with E-state index in [1.54, 1.807) is 7.11 Å². The first-order chi connectivity index (χ1) is 9.06. The van der Waals surface area contributed by atoms with Gasteiger partial charge in [0.15, 0.2) is 5.78 Å². The molecule has 0 heterocycles. The molecule has 1 aromatic rings. The highest BCUT2D eigenvalue weighted by molar-refractivity contribution is 5.99. The predicted molar refractivity (Wildman–Crippen MR) is 75.8 cm³/mol. The molecule has 1 aromatic carbocycles. The van der Waals surface area contributed by atoms with Crippen molar-refractivity contribution in [3.05, 3.63) is 29.3 Å². The summed E-state index contributed by atoms with van der Waals surface area (Å²) in [5.41, 5.74) is 2.29. The molecule has 1 saturated carbocycles. The van der Waals surface area contributed by atoms with Crippen LogP contribution in [0.1, 0.15) is 55.5 Å². The van der Waals surface area contributed by atoms with E-state index in [4.69, 9.17) is 4.74 Å². The molecule has 3 rings (SSSR count). The molecule has 0 radical (unpaired) electrons. The maximum atomic E-state index is 12.4. The van der Waals surface area contributed by atoms with Crippen LogP contribution in [0.25, 0.3) is 0 Å². The first-order valence-corrected chi connectivity index (χ1v) is 7.28. The highest BCUT2D eigenvalue weighted by Gasteiger charge is 2.47. The Balaban J connectivity index is 2.16. The van der Waals surface area contributed by atoms with Gasteiger partial charge in [0.1, 0.15) is 5.75 Å². The quantitative estimate of drug-likeness (QED) is 0.761. The molecule has 0 N–H and O–H groups in total. The van der Waals surface area contributed by atoms with E-state index in [-0.39, 0.29) is 5.41 Å². The number of Topliss-reactive ketones (excluding diaryl/α,β-unsaturated/α-hetero) is 1. The number of hydrogen-bond acceptors (Lipinski definition) is 2. The molecule has 102 valence electrons. The fraction of sp³-hybridized carbons (Fsp3) is 0.588. The first-order valence-electron chi connectivity index (χ1n) is 7.28. The van der Waals surface area contributed by atoms with E-state index in [1.165, 1.54) is 24.8 Å². The predicted octanol–water partition coefficient (Wildman–Crippen LogP) is 3.98. The van der Waals surface area contributed by atoms with E-state index >= 15 is 0 Å². The van der Waals surface area contributed by atoms with Crippen molar-refractivity contribution >= 4 is 5.78 Å². The molecule has 0 amide bonds. The minimum absolute atomic E-state index is 0.148. The van der Waals surface area contributed by atoms with E-state index < -0.39 is 0 Å². The van der Waals surface area contributed by atoms with Gasteiger partial charge in [0, 0.05) is 12.0 Å². The molecule has 2 nitrogen and oxygen atoms in total. The van der Waals surface area contributed by atoms with Gasteiger partial charge in [0.05, 0.1) is 7.11 Å². The number of ketones is 1. The zero-order chi connectivity index (χ0) is 13.6. The molecule has 1 unspecified atom stereocenters. The Kier molecular flexibility index (Phi) is 2.92. The average Bonchev–Trinajstić information content (AvgIpc) is 2.41. The Hall–Kier alpha value is -1.31. The number of fused-ring (bicyclic) bond motifs is 3. The molecule has 2 heteroatoms. The van der Waals surface area contributed by atoms with E-state index in [9.17, 15) is 4.79 Å². The van der Waals surface area contributed by atoms with Crippen molar-refractivity contribution in [1.82, 2.24) is 0 Å². The molecule has 2 aliphatic rings. The molecular weight excluding hydrogens is 236 g/mol. The fourth-order valence-corrected chi connectivity index (χ4v) is 4.24. The van der Waals surface area contributed by atoms with Crippen molar-refractivity contribution in [2.75, 3.05) is 7.11 Å². The normalized spacial score (nSPS) is 33.5. The number of ether oxygens (including phenoxy) is 1. The van der Waals surface area contributed by atoms with Gasteiger partial charge in [-0.2, -0.15) is 0 Å². The summed E-state index contributed by atoms with van der Waals surface area (Å²) in [6.45, 7) is 4.65. The molecule has 1 fully saturated rings. The lowest BCUT2D eigenvalue weighted by molar-refractivity contribution is 0.0755. The van der Waals surface area contributed by atoms with Crippen LogP contribution in [0, 0.1) is 11.8 Å². The zero-order valence-corrected chi connectivity index (χ0v) is 12.0. The Bertz CT molecular complexity index is 520. The summed E-state index contributed by atoms with van der Waals surface area (Å²) in [6, 6.07) is 5.96. The standard InChI is InChI=1S/C17H22O2/c1-11-5-4-8-17(2)14(11)10-16(18)13-7-6-12(19-3)9-15(13)17/h6-7,9,11,14H,4-5,8,10H2,1-3H3/t11-,14?,17+/m0/s1. The SMILES string of the molecule is COc1ccc2c(c1)[C@]1(C)CCC[C@H](C)C1CC2=O. The van der Waals surface area contributed by atoms with Gasteiger partial charge in [-0.05, 0) is 47.4 Å². The monoisotopic (exact) mass is 258 g/mol. The minimum atomic E-state index is 0.148. The summed E-state index contributed by atoms with van der Waals surface area (Å²) in [7, 11) is 1.69. The van der Waals surface area contributed by atoms with Crippen molar-refractivity contribution in [3.63, 3.8) is 0 Å². The Morgan fingerprint density at radius 2 is 2.16 bits per heavy atom. The van der Waals surface area contributed by atoms with Gasteiger partial charge in [-0.3, -0.25) is 4.79 Å². The summed E-state index contributed by atoms with van der Waals surface area (Å²) in [4.78, 5) is 12.4. The van der Waals surface area contributed by atoms with Crippen molar-refractivity contribution in [3.8, 4) is 5.75 Å². The van der Waals surface area contributed by atoms with Crippen LogP contribution in [0.5, 0.6) is 5.75 Å². The zero-order valence-electron chi connectivity index (χ0n) is 12.0. The van der Waals surface area contributed by atoms with Gasteiger partial charge in [-0.15, -0.1) is 0 Å². The van der Waals surface area contributed by atoms with Crippen LogP contribution in [0.15, 0.2) is 18.2 Å². The largest absolute Gasteiger partial charge is 0.497 e. The maximum absolute atomic E-state index is 12.4. The summed E-state index contributed by atoms with van der Waals surface area (Å²) in [5, 5.41) is 0. The summed E-state index contributed by atoms with van der Waals surface area (Å²) < 4.78 is 5.36. The number of hydrogen-bond donors (Lipinski definition) is 0. The molecule has 19 heavy (non-hydrogen) atoms. The van der Waals surface area contributed by atoms with Crippen molar-refractivity contribution < 1.29 is 9.53 Å². The van der Waals surface area contributed by atoms with E-state index in [2.05, 4.69) is 19.9 Å². The highest BCUT2D eigenvalue weighted by atomic mass is 16.5. The number of benzene rings is 1. The van der Waals surface area contributed by atoms with Gasteiger partial charge in [-0.1, -0.05) is 26.7 Å². The van der Waals surface area contributed by atoms with Crippen LogP contribution in [0.4, 0.5) is 0 Å². The van der Waals surface area contributed by atoms with Gasteiger partial charge in [0.2, 0.25) is 0 Å². The second kappa shape index (κ2) is 4.36. The lowest BCUT2D eigenvalue weighted by Gasteiger charge is -2.49. The number of carbonyl (C=O) groups excluding carboxylic acids is 1. The average molecular weight is 258 g/mol. The molecule has 0 saturated heterocycles. The molecule has 0 aliphatic heterocycles. The maximum Gasteiger partial charge on any atom is 0.163 e. The lowest BCUT2D eigenvalue weighted by Crippen LogP contribution is -2.45. The molecule has 2 aliphatic carbocycles. The minimum Gasteiger partial charge on any atom is -0.497 e. The van der Waals surface area contributed by atoms with Crippen LogP contribution >= 0.6 is 0 Å². The number of carbonyl (C=O) groups is 1. The third kappa shape index (κ3) is 1.80. The van der Waals surface area contributed by atoms with Crippen molar-refractivity contribution in [2.45, 2.75) is 44.9 Å². The molecule has 3 atom stereocenters. The van der Waals surface area contributed by atoms with Crippen LogP contribution in [0.3, 0.4) is 0 Å². The summed E-state index contributed by atoms with van der Waals surface area (Å²) >= 11 is 0. The summed E-state index contributed by atoms with van der Waals surface area (Å²) in [5.74, 6) is 2.32. The second-order valence-corrected chi connectivity index (χ2v) is 6.43. The van der Waals surface area contributed by atoms with Crippen LogP contribution in [-0.2, 0) is 5.41 Å². The van der Waals surface area contributed by atoms with E-state index in [0.29, 0.717) is 17.6 Å². The van der Waals surface area contributed by atoms with Crippen LogP contribution in [-0.4, -0.2) is 12.9 Å².